The summed E-state index contributed by atoms with van der Waals surface area (Å²) in [4.78, 5) is 12.5. The molecule has 1 aliphatic rings. The molecule has 0 spiro atoms. The fourth-order valence-corrected chi connectivity index (χ4v) is 3.12. The maximum absolute atomic E-state index is 12.5. The van der Waals surface area contributed by atoms with Crippen LogP contribution in [0.2, 0.25) is 0 Å². The van der Waals surface area contributed by atoms with E-state index in [1.54, 1.807) is 7.11 Å². The first-order valence-corrected chi connectivity index (χ1v) is 8.86. The van der Waals surface area contributed by atoms with Crippen LogP contribution in [0.1, 0.15) is 24.8 Å². The van der Waals surface area contributed by atoms with Gasteiger partial charge in [0.1, 0.15) is 0 Å². The first-order chi connectivity index (χ1) is 11.8. The average molecular weight is 371 g/mol. The molecule has 1 aliphatic heterocycles. The summed E-state index contributed by atoms with van der Waals surface area (Å²) in [6.07, 6.45) is 3.43. The normalized spacial score (nSPS) is 16.0. The molecule has 1 aromatic carbocycles. The Labute approximate surface area is 157 Å². The first-order valence-electron chi connectivity index (χ1n) is 8.86. The second-order valence-corrected chi connectivity index (χ2v) is 6.42. The van der Waals surface area contributed by atoms with Crippen molar-refractivity contribution >= 4 is 18.3 Å². The zero-order valence-electron chi connectivity index (χ0n) is 15.1. The molecule has 1 fully saturated rings. The number of rotatable bonds is 10. The lowest BCUT2D eigenvalue weighted by molar-refractivity contribution is -0.136. The van der Waals surface area contributed by atoms with Crippen LogP contribution >= 0.6 is 12.4 Å². The molecule has 0 aromatic heterocycles. The molecule has 25 heavy (non-hydrogen) atoms. The zero-order chi connectivity index (χ0) is 17.1. The number of carbonyl (C=O) groups excluding carboxylic acids is 1. The zero-order valence-corrected chi connectivity index (χ0v) is 15.9. The molecule has 142 valence electrons. The number of hydrogen-bond acceptors (Lipinski definition) is 4. The molecule has 0 aliphatic carbocycles. The molecular formula is C19H31ClN2O3. The second kappa shape index (κ2) is 12.3. The molecule has 0 saturated carbocycles. The van der Waals surface area contributed by atoms with Gasteiger partial charge in [0, 0.05) is 20.3 Å². The summed E-state index contributed by atoms with van der Waals surface area (Å²) in [6, 6.07) is 10.3. The fraction of sp³-hybridized carbons (Fsp3) is 0.632. The van der Waals surface area contributed by atoms with Crippen molar-refractivity contribution < 1.29 is 14.3 Å². The summed E-state index contributed by atoms with van der Waals surface area (Å²) >= 11 is 0. The van der Waals surface area contributed by atoms with Crippen molar-refractivity contribution in [1.82, 2.24) is 10.6 Å². The summed E-state index contributed by atoms with van der Waals surface area (Å²) < 4.78 is 10.9. The highest BCUT2D eigenvalue weighted by Gasteiger charge is 2.39. The first kappa shape index (κ1) is 21.9. The van der Waals surface area contributed by atoms with Gasteiger partial charge in [0.05, 0.1) is 18.6 Å². The van der Waals surface area contributed by atoms with Gasteiger partial charge in [0.15, 0.2) is 0 Å². The molecule has 2 N–H and O–H groups in total. The van der Waals surface area contributed by atoms with Crippen molar-refractivity contribution in [2.24, 2.45) is 5.41 Å². The fourth-order valence-electron chi connectivity index (χ4n) is 3.12. The summed E-state index contributed by atoms with van der Waals surface area (Å²) in [5, 5.41) is 6.36. The van der Waals surface area contributed by atoms with E-state index >= 15 is 0 Å². The van der Waals surface area contributed by atoms with Gasteiger partial charge in [-0.05, 0) is 44.3 Å². The maximum Gasteiger partial charge on any atom is 0.228 e. The van der Waals surface area contributed by atoms with E-state index in [9.17, 15) is 4.79 Å². The third-order valence-corrected chi connectivity index (χ3v) is 4.59. The van der Waals surface area contributed by atoms with E-state index < -0.39 is 0 Å². The quantitative estimate of drug-likeness (QED) is 0.620. The van der Waals surface area contributed by atoms with Gasteiger partial charge in [-0.3, -0.25) is 4.79 Å². The Hall–Kier alpha value is -1.14. The smallest absolute Gasteiger partial charge is 0.228 e. The molecule has 1 saturated heterocycles. The van der Waals surface area contributed by atoms with E-state index in [-0.39, 0.29) is 23.7 Å². The van der Waals surface area contributed by atoms with Gasteiger partial charge >= 0.3 is 0 Å². The van der Waals surface area contributed by atoms with Gasteiger partial charge in [-0.15, -0.1) is 12.4 Å². The molecule has 1 amide bonds. The highest BCUT2D eigenvalue weighted by atomic mass is 35.5. The third-order valence-electron chi connectivity index (χ3n) is 4.59. The molecule has 0 radical (unpaired) electrons. The number of ether oxygens (including phenoxy) is 2. The number of hydrogen-bond donors (Lipinski definition) is 2. The van der Waals surface area contributed by atoms with Crippen molar-refractivity contribution in [1.29, 1.82) is 0 Å². The molecule has 5 nitrogen and oxygen atoms in total. The number of amides is 1. The number of halogens is 1. The molecule has 0 atom stereocenters. The Morgan fingerprint density at radius 1 is 1.20 bits per heavy atom. The highest BCUT2D eigenvalue weighted by molar-refractivity contribution is 5.85. The van der Waals surface area contributed by atoms with Crippen molar-refractivity contribution in [3.05, 3.63) is 35.9 Å². The van der Waals surface area contributed by atoms with Crippen LogP contribution in [0, 0.1) is 5.41 Å². The number of nitrogens with one attached hydrogen (secondary N) is 2. The van der Waals surface area contributed by atoms with Gasteiger partial charge in [-0.25, -0.2) is 0 Å². The van der Waals surface area contributed by atoms with Crippen LogP contribution in [0.15, 0.2) is 30.3 Å². The Balaban J connectivity index is 0.00000312. The molecule has 0 bridgehead atoms. The summed E-state index contributed by atoms with van der Waals surface area (Å²) in [5.41, 5.74) is 0.923. The maximum atomic E-state index is 12.5. The number of methoxy groups -OCH3 is 1. The van der Waals surface area contributed by atoms with Crippen molar-refractivity contribution in [3.63, 3.8) is 0 Å². The van der Waals surface area contributed by atoms with Crippen molar-refractivity contribution in [3.8, 4) is 0 Å². The summed E-state index contributed by atoms with van der Waals surface area (Å²) in [5.74, 6) is 0.120. The second-order valence-electron chi connectivity index (χ2n) is 6.42. The molecule has 6 heteroatoms. The van der Waals surface area contributed by atoms with Gasteiger partial charge in [0.2, 0.25) is 5.91 Å². The lowest BCUT2D eigenvalue weighted by atomic mass is 9.78. The minimum atomic E-state index is -0.367. The minimum absolute atomic E-state index is 0. The molecular weight excluding hydrogens is 340 g/mol. The third kappa shape index (κ3) is 7.32. The van der Waals surface area contributed by atoms with Crippen LogP contribution in [0.4, 0.5) is 0 Å². The summed E-state index contributed by atoms with van der Waals surface area (Å²) in [7, 11) is 1.66. The van der Waals surface area contributed by atoms with E-state index in [4.69, 9.17) is 9.47 Å². The topological polar surface area (TPSA) is 59.6 Å². The standard InChI is InChI=1S/C19H30N2O3.ClH/c1-23-16-19(9-12-20-13-10-19)18(22)21-11-5-14-24-15-8-17-6-3-2-4-7-17;/h2-4,6-7,20H,5,8-16H2,1H3,(H,21,22);1H. The number of piperidine rings is 1. The number of benzene rings is 1. The van der Waals surface area contributed by atoms with Crippen molar-refractivity contribution in [2.45, 2.75) is 25.7 Å². The average Bonchev–Trinajstić information content (AvgIpc) is 2.62. The lowest BCUT2D eigenvalue weighted by Gasteiger charge is -2.35. The molecule has 2 rings (SSSR count). The van der Waals surface area contributed by atoms with Crippen LogP contribution in [0.3, 0.4) is 0 Å². The lowest BCUT2D eigenvalue weighted by Crippen LogP contribution is -2.50. The monoisotopic (exact) mass is 370 g/mol. The molecule has 1 aromatic rings. The minimum Gasteiger partial charge on any atom is -0.384 e. The van der Waals surface area contributed by atoms with Gasteiger partial charge in [-0.1, -0.05) is 30.3 Å². The van der Waals surface area contributed by atoms with Crippen LogP contribution < -0.4 is 10.6 Å². The van der Waals surface area contributed by atoms with E-state index in [0.717, 1.165) is 45.4 Å². The van der Waals surface area contributed by atoms with Gasteiger partial charge in [0.25, 0.3) is 0 Å². The van der Waals surface area contributed by atoms with Crippen LogP contribution in [0.5, 0.6) is 0 Å². The highest BCUT2D eigenvalue weighted by Crippen LogP contribution is 2.29. The van der Waals surface area contributed by atoms with Crippen molar-refractivity contribution in [2.75, 3.05) is 46.6 Å². The van der Waals surface area contributed by atoms with Crippen LogP contribution in [-0.2, 0) is 20.7 Å². The van der Waals surface area contributed by atoms with E-state index in [0.29, 0.717) is 19.8 Å². The Morgan fingerprint density at radius 3 is 2.60 bits per heavy atom. The van der Waals surface area contributed by atoms with Crippen LogP contribution in [0.25, 0.3) is 0 Å². The Kier molecular flexibility index (Phi) is 10.7. The largest absolute Gasteiger partial charge is 0.384 e. The SMILES string of the molecule is COCC1(C(=O)NCCCOCCc2ccccc2)CCNCC1.Cl. The summed E-state index contributed by atoms with van der Waals surface area (Å²) in [6.45, 7) is 4.29. The van der Waals surface area contributed by atoms with Gasteiger partial charge in [-0.2, -0.15) is 0 Å². The predicted molar refractivity (Wildman–Crippen MR) is 102 cm³/mol. The Bertz CT molecular complexity index is 473. The van der Waals surface area contributed by atoms with E-state index in [1.807, 2.05) is 18.2 Å². The number of carbonyl (C=O) groups is 1. The van der Waals surface area contributed by atoms with E-state index in [2.05, 4.69) is 22.8 Å². The molecule has 0 unspecified atom stereocenters. The van der Waals surface area contributed by atoms with Crippen LogP contribution in [-0.4, -0.2) is 52.5 Å². The predicted octanol–water partition coefficient (Wildman–Crippen LogP) is 2.19. The Morgan fingerprint density at radius 2 is 1.92 bits per heavy atom. The molecule has 1 heterocycles. The van der Waals surface area contributed by atoms with E-state index in [1.165, 1.54) is 5.56 Å². The van der Waals surface area contributed by atoms with Gasteiger partial charge < -0.3 is 20.1 Å².